The van der Waals surface area contributed by atoms with Crippen molar-refractivity contribution in [3.63, 3.8) is 0 Å². The van der Waals surface area contributed by atoms with E-state index >= 15 is 0 Å². The molecule has 0 atom stereocenters. The lowest BCUT2D eigenvalue weighted by atomic mass is 10.2. The van der Waals surface area contributed by atoms with Crippen LogP contribution in [0.25, 0.3) is 10.9 Å². The zero-order valence-corrected chi connectivity index (χ0v) is 19.7. The van der Waals surface area contributed by atoms with Crippen molar-refractivity contribution >= 4 is 50.7 Å². The first-order valence-corrected chi connectivity index (χ1v) is 12.4. The highest BCUT2D eigenvalue weighted by atomic mass is 32.2. The molecule has 0 aliphatic carbocycles. The number of hydrogen-bond donors (Lipinski definition) is 0. The molecule has 0 saturated carbocycles. The molecular weight excluding hydrogens is 440 g/mol. The summed E-state index contributed by atoms with van der Waals surface area (Å²) in [5, 5.41) is 3.93. The fraction of sp³-hybridized carbons (Fsp3) is 0.250. The number of benzene rings is 2. The molecule has 2 aromatic carbocycles. The van der Waals surface area contributed by atoms with Gasteiger partial charge >= 0.3 is 0 Å². The molecule has 8 heteroatoms. The van der Waals surface area contributed by atoms with E-state index in [9.17, 15) is 9.59 Å². The predicted octanol–water partition coefficient (Wildman–Crippen LogP) is 5.63. The van der Waals surface area contributed by atoms with Crippen molar-refractivity contribution in [1.29, 1.82) is 0 Å². The SMILES string of the molecule is CCCCn1c(SCc2csc(N(C(C)=O)c3ccccc3)n2)nc2ccccc2c1=O. The Labute approximate surface area is 194 Å². The predicted molar refractivity (Wildman–Crippen MR) is 132 cm³/mol. The van der Waals surface area contributed by atoms with Gasteiger partial charge < -0.3 is 0 Å². The average Bonchev–Trinajstić information content (AvgIpc) is 3.26. The summed E-state index contributed by atoms with van der Waals surface area (Å²) in [4.78, 5) is 36.4. The molecule has 32 heavy (non-hydrogen) atoms. The van der Waals surface area contributed by atoms with Crippen molar-refractivity contribution in [2.45, 2.75) is 44.1 Å². The molecule has 0 spiro atoms. The number of para-hydroxylation sites is 2. The van der Waals surface area contributed by atoms with Crippen LogP contribution in [0.2, 0.25) is 0 Å². The van der Waals surface area contributed by atoms with Gasteiger partial charge in [0, 0.05) is 24.6 Å². The van der Waals surface area contributed by atoms with Crippen molar-refractivity contribution in [2.24, 2.45) is 0 Å². The number of carbonyl (C=O) groups excluding carboxylic acids is 1. The van der Waals surface area contributed by atoms with Crippen molar-refractivity contribution in [3.05, 3.63) is 76.0 Å². The van der Waals surface area contributed by atoms with Crippen LogP contribution in [0, 0.1) is 0 Å². The average molecular weight is 465 g/mol. The van der Waals surface area contributed by atoms with Crippen molar-refractivity contribution in [1.82, 2.24) is 14.5 Å². The molecule has 164 valence electrons. The fourth-order valence-electron chi connectivity index (χ4n) is 3.38. The molecule has 2 aromatic heterocycles. The van der Waals surface area contributed by atoms with Crippen molar-refractivity contribution < 1.29 is 4.79 Å². The summed E-state index contributed by atoms with van der Waals surface area (Å²) in [7, 11) is 0. The number of unbranched alkanes of at least 4 members (excludes halogenated alkanes) is 1. The van der Waals surface area contributed by atoms with Gasteiger partial charge in [-0.15, -0.1) is 11.3 Å². The van der Waals surface area contributed by atoms with E-state index in [-0.39, 0.29) is 11.5 Å². The number of hydrogen-bond acceptors (Lipinski definition) is 6. The summed E-state index contributed by atoms with van der Waals surface area (Å²) in [6.07, 6.45) is 1.91. The summed E-state index contributed by atoms with van der Waals surface area (Å²) in [6, 6.07) is 17.0. The highest BCUT2D eigenvalue weighted by molar-refractivity contribution is 7.98. The van der Waals surface area contributed by atoms with Gasteiger partial charge in [-0.3, -0.25) is 19.1 Å². The van der Waals surface area contributed by atoms with Crippen LogP contribution in [-0.4, -0.2) is 20.4 Å². The maximum Gasteiger partial charge on any atom is 0.262 e. The zero-order chi connectivity index (χ0) is 22.5. The van der Waals surface area contributed by atoms with Crippen LogP contribution in [0.3, 0.4) is 0 Å². The number of thiazole rings is 1. The molecule has 0 saturated heterocycles. The lowest BCUT2D eigenvalue weighted by Crippen LogP contribution is -2.23. The van der Waals surface area contributed by atoms with Crippen LogP contribution in [0.1, 0.15) is 32.4 Å². The lowest BCUT2D eigenvalue weighted by molar-refractivity contribution is -0.115. The van der Waals surface area contributed by atoms with E-state index in [1.807, 2.05) is 60.0 Å². The maximum absolute atomic E-state index is 13.0. The van der Waals surface area contributed by atoms with Crippen LogP contribution in [-0.2, 0) is 17.1 Å². The van der Waals surface area contributed by atoms with E-state index in [1.54, 1.807) is 9.47 Å². The molecule has 6 nitrogen and oxygen atoms in total. The second-order valence-electron chi connectivity index (χ2n) is 7.32. The molecule has 0 bridgehead atoms. The van der Waals surface area contributed by atoms with Gasteiger partial charge in [0.2, 0.25) is 5.91 Å². The number of anilines is 2. The smallest absolute Gasteiger partial charge is 0.262 e. The van der Waals surface area contributed by atoms with Gasteiger partial charge in [-0.25, -0.2) is 9.97 Å². The third-order valence-corrected chi connectivity index (χ3v) is 6.86. The summed E-state index contributed by atoms with van der Waals surface area (Å²) in [5.41, 5.74) is 2.34. The van der Waals surface area contributed by atoms with E-state index in [0.29, 0.717) is 33.5 Å². The highest BCUT2D eigenvalue weighted by Gasteiger charge is 2.18. The van der Waals surface area contributed by atoms with Crippen molar-refractivity contribution in [2.75, 3.05) is 4.90 Å². The fourth-order valence-corrected chi connectivity index (χ4v) is 5.29. The molecule has 0 unspecified atom stereocenters. The van der Waals surface area contributed by atoms with E-state index in [0.717, 1.165) is 24.2 Å². The monoisotopic (exact) mass is 464 g/mol. The van der Waals surface area contributed by atoms with Crippen LogP contribution in [0.15, 0.2) is 69.9 Å². The van der Waals surface area contributed by atoms with Gasteiger partial charge in [0.15, 0.2) is 10.3 Å². The minimum Gasteiger partial charge on any atom is -0.287 e. The largest absolute Gasteiger partial charge is 0.287 e. The Morgan fingerprint density at radius 1 is 1.09 bits per heavy atom. The Morgan fingerprint density at radius 2 is 1.84 bits per heavy atom. The molecule has 4 rings (SSSR count). The Balaban J connectivity index is 1.60. The number of nitrogens with zero attached hydrogens (tertiary/aromatic N) is 4. The molecule has 0 aliphatic heterocycles. The van der Waals surface area contributed by atoms with Gasteiger partial charge in [-0.05, 0) is 30.7 Å². The Morgan fingerprint density at radius 3 is 2.59 bits per heavy atom. The first kappa shape index (κ1) is 22.2. The van der Waals surface area contributed by atoms with Gasteiger partial charge in [0.25, 0.3) is 5.56 Å². The summed E-state index contributed by atoms with van der Waals surface area (Å²) in [5.74, 6) is 0.475. The first-order valence-electron chi connectivity index (χ1n) is 10.5. The normalized spacial score (nSPS) is 11.1. The number of amides is 1. The maximum atomic E-state index is 13.0. The summed E-state index contributed by atoms with van der Waals surface area (Å²) >= 11 is 2.93. The summed E-state index contributed by atoms with van der Waals surface area (Å²) in [6.45, 7) is 4.29. The van der Waals surface area contributed by atoms with Gasteiger partial charge in [0.05, 0.1) is 22.3 Å². The number of carbonyl (C=O) groups is 1. The number of thioether (sulfide) groups is 1. The van der Waals surface area contributed by atoms with E-state index in [1.165, 1.54) is 30.0 Å². The minimum atomic E-state index is -0.0886. The molecule has 0 N–H and O–H groups in total. The third kappa shape index (κ3) is 4.76. The number of fused-ring (bicyclic) bond motifs is 1. The molecule has 1 amide bonds. The Bertz CT molecular complexity index is 1280. The van der Waals surface area contributed by atoms with E-state index in [4.69, 9.17) is 4.98 Å². The highest BCUT2D eigenvalue weighted by Crippen LogP contribution is 2.31. The Kier molecular flexibility index (Phi) is 7.02. The topological polar surface area (TPSA) is 68.1 Å². The van der Waals surface area contributed by atoms with E-state index in [2.05, 4.69) is 11.9 Å². The molecule has 0 aliphatic rings. The number of aromatic nitrogens is 3. The second-order valence-corrected chi connectivity index (χ2v) is 9.10. The molecule has 0 fully saturated rings. The second kappa shape index (κ2) is 10.1. The zero-order valence-electron chi connectivity index (χ0n) is 18.0. The number of rotatable bonds is 8. The summed E-state index contributed by atoms with van der Waals surface area (Å²) < 4.78 is 1.77. The van der Waals surface area contributed by atoms with Crippen LogP contribution in [0.5, 0.6) is 0 Å². The molecule has 2 heterocycles. The molecule has 4 aromatic rings. The van der Waals surface area contributed by atoms with Gasteiger partial charge in [-0.2, -0.15) is 0 Å². The van der Waals surface area contributed by atoms with Crippen LogP contribution < -0.4 is 10.5 Å². The Hall–Kier alpha value is -2.97. The van der Waals surface area contributed by atoms with Crippen molar-refractivity contribution in [3.8, 4) is 0 Å². The third-order valence-electron chi connectivity index (χ3n) is 4.97. The van der Waals surface area contributed by atoms with Gasteiger partial charge in [0.1, 0.15) is 0 Å². The van der Waals surface area contributed by atoms with Crippen LogP contribution >= 0.6 is 23.1 Å². The van der Waals surface area contributed by atoms with Gasteiger partial charge in [-0.1, -0.05) is 55.4 Å². The van der Waals surface area contributed by atoms with Crippen LogP contribution in [0.4, 0.5) is 10.8 Å². The molecular formula is C24H24N4O2S2. The lowest BCUT2D eigenvalue weighted by Gasteiger charge is -2.17. The minimum absolute atomic E-state index is 0.00245. The van der Waals surface area contributed by atoms with E-state index < -0.39 is 0 Å². The first-order chi connectivity index (χ1) is 15.6. The quantitative estimate of drug-likeness (QED) is 0.250. The molecule has 0 radical (unpaired) electrons. The standard InChI is InChI=1S/C24H24N4O2S2/c1-3-4-14-27-22(30)20-12-8-9-13-21(20)26-23(27)31-15-18-16-32-24(25-18)28(17(2)29)19-10-6-5-7-11-19/h5-13,16H,3-4,14-15H2,1-2H3.